The van der Waals surface area contributed by atoms with Crippen LogP contribution < -0.4 is 10.6 Å². The first-order valence-electron chi connectivity index (χ1n) is 8.42. The molecule has 2 N–H and O–H groups in total. The molecule has 0 aliphatic heterocycles. The van der Waals surface area contributed by atoms with Crippen LogP contribution in [0.5, 0.6) is 0 Å². The second-order valence-electron chi connectivity index (χ2n) is 6.76. The molecule has 0 saturated heterocycles. The van der Waals surface area contributed by atoms with Gasteiger partial charge < -0.3 is 10.6 Å². The lowest BCUT2D eigenvalue weighted by Gasteiger charge is -2.44. The van der Waals surface area contributed by atoms with Crippen molar-refractivity contribution in [3.05, 3.63) is 29.3 Å². The summed E-state index contributed by atoms with van der Waals surface area (Å²) in [6.07, 6.45) is 5.55. The van der Waals surface area contributed by atoms with E-state index < -0.39 is 0 Å². The Morgan fingerprint density at radius 2 is 1.96 bits per heavy atom. The largest absolute Gasteiger partial charge is 0.327 e. The summed E-state index contributed by atoms with van der Waals surface area (Å²) in [6.45, 7) is 2.70. The number of fused-ring (bicyclic) bond motifs is 2. The fourth-order valence-electron chi connectivity index (χ4n) is 4.32. The Labute approximate surface area is 150 Å². The van der Waals surface area contributed by atoms with Crippen LogP contribution in [0.25, 0.3) is 0 Å². The highest BCUT2D eigenvalue weighted by atomic mass is 35.5. The number of benzene rings is 1. The van der Waals surface area contributed by atoms with Gasteiger partial charge in [-0.15, -0.1) is 12.4 Å². The van der Waals surface area contributed by atoms with Gasteiger partial charge in [-0.25, -0.2) is 0 Å². The number of nitrogens with two attached hydrogens (primary N) is 1. The number of anilines is 1. The summed E-state index contributed by atoms with van der Waals surface area (Å²) in [5, 5.41) is 0.672. The molecule has 5 heteroatoms. The van der Waals surface area contributed by atoms with Crippen molar-refractivity contribution in [3.63, 3.8) is 0 Å². The third kappa shape index (κ3) is 3.84. The van der Waals surface area contributed by atoms with Crippen LogP contribution in [0.15, 0.2) is 24.3 Å². The maximum Gasteiger partial charge on any atom is 0.230 e. The van der Waals surface area contributed by atoms with E-state index in [0.29, 0.717) is 29.4 Å². The van der Waals surface area contributed by atoms with E-state index in [4.69, 9.17) is 17.3 Å². The minimum Gasteiger partial charge on any atom is -0.327 e. The van der Waals surface area contributed by atoms with Crippen molar-refractivity contribution in [1.29, 1.82) is 0 Å². The van der Waals surface area contributed by atoms with Crippen LogP contribution in [0.2, 0.25) is 5.02 Å². The smallest absolute Gasteiger partial charge is 0.230 e. The molecule has 2 bridgehead atoms. The van der Waals surface area contributed by atoms with E-state index in [1.807, 2.05) is 36.1 Å². The molecule has 3 nitrogen and oxygen atoms in total. The Hall–Kier alpha value is -0.770. The van der Waals surface area contributed by atoms with Gasteiger partial charge in [-0.2, -0.15) is 0 Å². The van der Waals surface area contributed by atoms with Gasteiger partial charge in [0, 0.05) is 29.2 Å². The first-order chi connectivity index (χ1) is 10.6. The lowest BCUT2D eigenvalue weighted by Crippen LogP contribution is -2.49. The zero-order valence-corrected chi connectivity index (χ0v) is 15.2. The van der Waals surface area contributed by atoms with Crippen molar-refractivity contribution < 1.29 is 4.79 Å². The van der Waals surface area contributed by atoms with Crippen LogP contribution in [-0.2, 0) is 4.79 Å². The van der Waals surface area contributed by atoms with Crippen molar-refractivity contribution in [2.45, 2.75) is 45.1 Å². The third-order valence-electron chi connectivity index (χ3n) is 5.46. The fourth-order valence-corrected chi connectivity index (χ4v) is 4.51. The minimum absolute atomic E-state index is 0. The highest BCUT2D eigenvalue weighted by Crippen LogP contribution is 2.42. The summed E-state index contributed by atoms with van der Waals surface area (Å²) >= 11 is 6.08. The summed E-state index contributed by atoms with van der Waals surface area (Å²) in [7, 11) is 0. The van der Waals surface area contributed by atoms with Gasteiger partial charge in [0.05, 0.1) is 0 Å². The van der Waals surface area contributed by atoms with Crippen molar-refractivity contribution in [1.82, 2.24) is 0 Å². The van der Waals surface area contributed by atoms with Crippen molar-refractivity contribution in [3.8, 4) is 0 Å². The van der Waals surface area contributed by atoms with Gasteiger partial charge in [0.25, 0.3) is 0 Å². The Balaban J connectivity index is 0.00000192. The van der Waals surface area contributed by atoms with Crippen LogP contribution in [0.3, 0.4) is 0 Å². The molecule has 2 saturated carbocycles. The molecule has 1 amide bonds. The number of amides is 1. The van der Waals surface area contributed by atoms with E-state index in [-0.39, 0.29) is 24.2 Å². The number of hydrogen-bond acceptors (Lipinski definition) is 2. The minimum atomic E-state index is 0. The molecule has 2 aliphatic carbocycles. The zero-order valence-electron chi connectivity index (χ0n) is 13.6. The first-order valence-corrected chi connectivity index (χ1v) is 8.80. The number of hydrogen-bond donors (Lipinski definition) is 1. The Morgan fingerprint density at radius 1 is 1.30 bits per heavy atom. The topological polar surface area (TPSA) is 46.3 Å². The average Bonchev–Trinajstić information content (AvgIpc) is 2.47. The SMILES string of the molecule is CCN(C(=O)C1CC2CCCC(C1)C2N)c1cccc(Cl)c1.Cl. The molecular formula is C18H26Cl2N2O. The predicted octanol–water partition coefficient (Wildman–Crippen LogP) is 4.27. The number of carbonyl (C=O) groups excluding carboxylic acids is 1. The fraction of sp³-hybridized carbons (Fsp3) is 0.611. The van der Waals surface area contributed by atoms with Gasteiger partial charge in [0.15, 0.2) is 0 Å². The Bertz CT molecular complexity index is 538. The molecule has 3 rings (SSSR count). The number of nitrogens with zero attached hydrogens (tertiary/aromatic N) is 1. The standard InChI is InChI=1S/C18H25ClN2O.ClH/c1-2-21(16-8-4-7-15(19)11-16)18(22)14-9-12-5-3-6-13(10-14)17(12)20;/h4,7-8,11-14,17H,2-3,5-6,9-10,20H2,1H3;1H. The molecule has 0 spiro atoms. The Kier molecular flexibility index (Phi) is 6.35. The van der Waals surface area contributed by atoms with E-state index >= 15 is 0 Å². The highest BCUT2D eigenvalue weighted by molar-refractivity contribution is 6.30. The molecule has 0 radical (unpaired) electrons. The highest BCUT2D eigenvalue weighted by Gasteiger charge is 2.41. The molecule has 2 unspecified atom stereocenters. The van der Waals surface area contributed by atoms with Gasteiger partial charge >= 0.3 is 0 Å². The molecule has 1 aromatic carbocycles. The molecule has 0 aromatic heterocycles. The average molecular weight is 357 g/mol. The third-order valence-corrected chi connectivity index (χ3v) is 5.70. The van der Waals surface area contributed by atoms with Crippen LogP contribution in [-0.4, -0.2) is 18.5 Å². The molecule has 0 heterocycles. The second kappa shape index (κ2) is 7.87. The van der Waals surface area contributed by atoms with E-state index in [1.165, 1.54) is 19.3 Å². The van der Waals surface area contributed by atoms with Gasteiger partial charge in [-0.1, -0.05) is 24.1 Å². The predicted molar refractivity (Wildman–Crippen MR) is 98.3 cm³/mol. The van der Waals surface area contributed by atoms with E-state index in [1.54, 1.807) is 0 Å². The summed E-state index contributed by atoms with van der Waals surface area (Å²) in [5.74, 6) is 1.42. The summed E-state index contributed by atoms with van der Waals surface area (Å²) in [4.78, 5) is 14.9. The molecule has 2 atom stereocenters. The molecule has 2 aliphatic rings. The Morgan fingerprint density at radius 3 is 2.52 bits per heavy atom. The molecular weight excluding hydrogens is 331 g/mol. The quantitative estimate of drug-likeness (QED) is 0.878. The van der Waals surface area contributed by atoms with Gasteiger partial charge in [-0.3, -0.25) is 4.79 Å². The van der Waals surface area contributed by atoms with E-state index in [9.17, 15) is 4.79 Å². The second-order valence-corrected chi connectivity index (χ2v) is 7.20. The normalized spacial score (nSPS) is 29.5. The lowest BCUT2D eigenvalue weighted by molar-refractivity contribution is -0.125. The first kappa shape index (κ1) is 18.6. The monoisotopic (exact) mass is 356 g/mol. The van der Waals surface area contributed by atoms with Crippen LogP contribution in [0.4, 0.5) is 5.69 Å². The van der Waals surface area contributed by atoms with Crippen molar-refractivity contribution >= 4 is 35.6 Å². The maximum absolute atomic E-state index is 13.0. The summed E-state index contributed by atoms with van der Waals surface area (Å²) < 4.78 is 0. The van der Waals surface area contributed by atoms with Gasteiger partial charge in [-0.05, 0) is 62.6 Å². The zero-order chi connectivity index (χ0) is 15.7. The van der Waals surface area contributed by atoms with Crippen molar-refractivity contribution in [2.24, 2.45) is 23.5 Å². The van der Waals surface area contributed by atoms with E-state index in [0.717, 1.165) is 18.5 Å². The molecule has 128 valence electrons. The van der Waals surface area contributed by atoms with Crippen LogP contribution >= 0.6 is 24.0 Å². The van der Waals surface area contributed by atoms with Crippen LogP contribution in [0.1, 0.15) is 39.0 Å². The number of halogens is 2. The maximum atomic E-state index is 13.0. The molecule has 23 heavy (non-hydrogen) atoms. The molecule has 1 aromatic rings. The lowest BCUT2D eigenvalue weighted by atomic mass is 9.65. The van der Waals surface area contributed by atoms with Crippen molar-refractivity contribution in [2.75, 3.05) is 11.4 Å². The van der Waals surface area contributed by atoms with Gasteiger partial charge in [0.1, 0.15) is 0 Å². The number of rotatable bonds is 3. The van der Waals surface area contributed by atoms with Gasteiger partial charge in [0.2, 0.25) is 5.91 Å². The van der Waals surface area contributed by atoms with Crippen LogP contribution in [0, 0.1) is 17.8 Å². The summed E-state index contributed by atoms with van der Waals surface area (Å²) in [5.41, 5.74) is 7.25. The number of carbonyl (C=O) groups is 1. The summed E-state index contributed by atoms with van der Waals surface area (Å²) in [6, 6.07) is 7.88. The molecule has 2 fully saturated rings. The van der Waals surface area contributed by atoms with E-state index in [2.05, 4.69) is 0 Å².